The predicted octanol–water partition coefficient (Wildman–Crippen LogP) is 5.38. The Hall–Kier alpha value is -1.39. The normalized spacial score (nSPS) is 12.0. The highest BCUT2D eigenvalue weighted by atomic mass is 79.9. The van der Waals surface area contributed by atoms with Gasteiger partial charge in [0.1, 0.15) is 5.75 Å². The first-order valence-corrected chi connectivity index (χ1v) is 7.85. The average Bonchev–Trinajstić information content (AvgIpc) is 2.42. The van der Waals surface area contributed by atoms with Crippen LogP contribution < -0.4 is 10.1 Å². The maximum atomic E-state index is 9.57. The average molecular weight is 371 g/mol. The second-order valence-electron chi connectivity index (χ2n) is 4.66. The van der Waals surface area contributed by atoms with Crippen molar-refractivity contribution in [1.82, 2.24) is 0 Å². The van der Waals surface area contributed by atoms with Gasteiger partial charge in [-0.3, -0.25) is 0 Å². The molecule has 0 bridgehead atoms. The molecule has 0 radical (unpaired) electrons. The number of anilines is 1. The fourth-order valence-corrected chi connectivity index (χ4v) is 2.99. The molecule has 0 fully saturated rings. The van der Waals surface area contributed by atoms with Crippen LogP contribution in [0.4, 0.5) is 5.69 Å². The van der Waals surface area contributed by atoms with Crippen molar-refractivity contribution in [1.29, 1.82) is 0 Å². The van der Waals surface area contributed by atoms with Crippen LogP contribution in [-0.4, -0.2) is 11.7 Å². The number of aromatic hydroxyl groups is 1. The molecule has 0 aliphatic carbocycles. The maximum Gasteiger partial charge on any atom is 0.156 e. The van der Waals surface area contributed by atoms with Crippen molar-refractivity contribution in [3.63, 3.8) is 0 Å². The molecule has 2 rings (SSSR count). The van der Waals surface area contributed by atoms with Gasteiger partial charge >= 0.3 is 0 Å². The van der Waals surface area contributed by atoms with Crippen LogP contribution in [0.3, 0.4) is 0 Å². The first kappa shape index (κ1) is 16.0. The van der Waals surface area contributed by atoms with Gasteiger partial charge in [-0.1, -0.05) is 23.7 Å². The molecule has 2 N–H and O–H groups in total. The molecular weight excluding hydrogens is 354 g/mol. The Morgan fingerprint density at radius 1 is 1.33 bits per heavy atom. The van der Waals surface area contributed by atoms with Gasteiger partial charge in [-0.25, -0.2) is 0 Å². The molecule has 0 spiro atoms. The number of ether oxygens (including phenoxy) is 1. The van der Waals surface area contributed by atoms with E-state index in [1.807, 2.05) is 32.0 Å². The summed E-state index contributed by atoms with van der Waals surface area (Å²) in [6.45, 7) is 4.51. The summed E-state index contributed by atoms with van der Waals surface area (Å²) in [6.07, 6.45) is 0. The minimum Gasteiger partial charge on any atom is -0.508 e. The molecule has 5 heteroatoms. The summed E-state index contributed by atoms with van der Waals surface area (Å²) in [5.41, 5.74) is 1.79. The van der Waals surface area contributed by atoms with Crippen LogP contribution in [0.1, 0.15) is 25.5 Å². The smallest absolute Gasteiger partial charge is 0.156 e. The van der Waals surface area contributed by atoms with Crippen molar-refractivity contribution in [2.45, 2.75) is 19.9 Å². The highest BCUT2D eigenvalue weighted by molar-refractivity contribution is 9.10. The SMILES string of the molecule is CCOc1c(Br)cc(Cl)cc1NC(C)c1cccc(O)c1. The molecule has 0 amide bonds. The van der Waals surface area contributed by atoms with E-state index in [-0.39, 0.29) is 11.8 Å². The fourth-order valence-electron chi connectivity index (χ4n) is 2.07. The zero-order valence-corrected chi connectivity index (χ0v) is 14.2. The molecule has 3 nitrogen and oxygen atoms in total. The monoisotopic (exact) mass is 369 g/mol. The van der Waals surface area contributed by atoms with E-state index in [1.54, 1.807) is 18.2 Å². The highest BCUT2D eigenvalue weighted by Gasteiger charge is 2.13. The van der Waals surface area contributed by atoms with Gasteiger partial charge in [0.2, 0.25) is 0 Å². The summed E-state index contributed by atoms with van der Waals surface area (Å²) < 4.78 is 6.47. The van der Waals surface area contributed by atoms with Crippen LogP contribution in [0, 0.1) is 0 Å². The first-order chi connectivity index (χ1) is 10.0. The molecule has 2 aromatic rings. The molecule has 0 saturated heterocycles. The Morgan fingerprint density at radius 3 is 2.76 bits per heavy atom. The van der Waals surface area contributed by atoms with Crippen molar-refractivity contribution >= 4 is 33.2 Å². The summed E-state index contributed by atoms with van der Waals surface area (Å²) in [4.78, 5) is 0. The molecule has 0 aliphatic heterocycles. The van der Waals surface area contributed by atoms with E-state index in [2.05, 4.69) is 21.2 Å². The number of phenols is 1. The van der Waals surface area contributed by atoms with Crippen LogP contribution in [0.15, 0.2) is 40.9 Å². The molecule has 21 heavy (non-hydrogen) atoms. The van der Waals surface area contributed by atoms with Gasteiger partial charge in [0.25, 0.3) is 0 Å². The summed E-state index contributed by atoms with van der Waals surface area (Å²) in [6, 6.07) is 10.8. The molecule has 2 aromatic carbocycles. The van der Waals surface area contributed by atoms with Crippen molar-refractivity contribution in [2.24, 2.45) is 0 Å². The zero-order chi connectivity index (χ0) is 15.4. The van der Waals surface area contributed by atoms with Crippen LogP contribution in [-0.2, 0) is 0 Å². The van der Waals surface area contributed by atoms with Gasteiger partial charge in [0, 0.05) is 11.1 Å². The molecule has 1 unspecified atom stereocenters. The largest absolute Gasteiger partial charge is 0.508 e. The van der Waals surface area contributed by atoms with Gasteiger partial charge in [0.15, 0.2) is 5.75 Å². The van der Waals surface area contributed by atoms with Gasteiger partial charge in [-0.05, 0) is 59.6 Å². The Balaban J connectivity index is 2.30. The molecule has 0 heterocycles. The lowest BCUT2D eigenvalue weighted by Crippen LogP contribution is -2.08. The topological polar surface area (TPSA) is 41.5 Å². The van der Waals surface area contributed by atoms with Gasteiger partial charge in [0.05, 0.1) is 16.8 Å². The van der Waals surface area contributed by atoms with E-state index in [0.29, 0.717) is 11.6 Å². The van der Waals surface area contributed by atoms with Crippen molar-refractivity contribution < 1.29 is 9.84 Å². The van der Waals surface area contributed by atoms with Crippen LogP contribution in [0.2, 0.25) is 5.02 Å². The number of hydrogen-bond acceptors (Lipinski definition) is 3. The number of rotatable bonds is 5. The lowest BCUT2D eigenvalue weighted by Gasteiger charge is -2.20. The summed E-state index contributed by atoms with van der Waals surface area (Å²) >= 11 is 9.58. The number of benzene rings is 2. The maximum absolute atomic E-state index is 9.57. The molecular formula is C16H17BrClNO2. The second kappa shape index (κ2) is 7.05. The molecule has 0 aromatic heterocycles. The van der Waals surface area contributed by atoms with E-state index in [9.17, 15) is 5.11 Å². The molecule has 112 valence electrons. The lowest BCUT2D eigenvalue weighted by atomic mass is 10.1. The van der Waals surface area contributed by atoms with E-state index >= 15 is 0 Å². The van der Waals surface area contributed by atoms with Crippen LogP contribution in [0.5, 0.6) is 11.5 Å². The lowest BCUT2D eigenvalue weighted by molar-refractivity contribution is 0.339. The predicted molar refractivity (Wildman–Crippen MR) is 90.5 cm³/mol. The molecule has 1 atom stereocenters. The Bertz CT molecular complexity index is 634. The minimum absolute atomic E-state index is 0.00155. The zero-order valence-electron chi connectivity index (χ0n) is 11.9. The Kier molecular flexibility index (Phi) is 5.37. The van der Waals surface area contributed by atoms with E-state index < -0.39 is 0 Å². The highest BCUT2D eigenvalue weighted by Crippen LogP contribution is 2.38. The third-order valence-corrected chi connectivity index (χ3v) is 3.85. The fraction of sp³-hybridized carbons (Fsp3) is 0.250. The number of hydrogen-bond donors (Lipinski definition) is 2. The van der Waals surface area contributed by atoms with Gasteiger partial charge in [-0.2, -0.15) is 0 Å². The standard InChI is InChI=1S/C16H17BrClNO2/c1-3-21-16-14(17)8-12(18)9-15(16)19-10(2)11-5-4-6-13(20)7-11/h4-10,19-20H,3H2,1-2H3. The number of phenolic OH excluding ortho intramolecular Hbond substituents is 1. The third-order valence-electron chi connectivity index (χ3n) is 3.04. The minimum atomic E-state index is 0.00155. The number of halogens is 2. The van der Waals surface area contributed by atoms with Crippen molar-refractivity contribution in [3.05, 3.63) is 51.5 Å². The quantitative estimate of drug-likeness (QED) is 0.742. The Morgan fingerprint density at radius 2 is 2.10 bits per heavy atom. The van der Waals surface area contributed by atoms with E-state index in [4.69, 9.17) is 16.3 Å². The second-order valence-corrected chi connectivity index (χ2v) is 5.95. The van der Waals surface area contributed by atoms with E-state index in [1.165, 1.54) is 0 Å². The van der Waals surface area contributed by atoms with E-state index in [0.717, 1.165) is 21.5 Å². The first-order valence-electron chi connectivity index (χ1n) is 6.68. The van der Waals surface area contributed by atoms with Crippen LogP contribution >= 0.6 is 27.5 Å². The van der Waals surface area contributed by atoms with Gasteiger partial charge < -0.3 is 15.2 Å². The summed E-state index contributed by atoms with van der Waals surface area (Å²) in [5, 5.41) is 13.6. The van der Waals surface area contributed by atoms with Crippen LogP contribution in [0.25, 0.3) is 0 Å². The van der Waals surface area contributed by atoms with Gasteiger partial charge in [-0.15, -0.1) is 0 Å². The summed E-state index contributed by atoms with van der Waals surface area (Å²) in [7, 11) is 0. The Labute approximate surface area is 138 Å². The molecule has 0 aliphatic rings. The number of nitrogens with one attached hydrogen (secondary N) is 1. The van der Waals surface area contributed by atoms with Crippen molar-refractivity contribution in [2.75, 3.05) is 11.9 Å². The third kappa shape index (κ3) is 4.05. The molecule has 0 saturated carbocycles. The van der Waals surface area contributed by atoms with Crippen molar-refractivity contribution in [3.8, 4) is 11.5 Å². The summed E-state index contributed by atoms with van der Waals surface area (Å²) in [5.74, 6) is 0.979.